The Kier molecular flexibility index (Phi) is 5.72. The van der Waals surface area contributed by atoms with Crippen LogP contribution < -0.4 is 5.32 Å². The van der Waals surface area contributed by atoms with Gasteiger partial charge in [0.25, 0.3) is 5.91 Å². The summed E-state index contributed by atoms with van der Waals surface area (Å²) in [5, 5.41) is 18.8. The number of carbonyl (C=O) groups excluding carboxylic acids is 1. The van der Waals surface area contributed by atoms with Gasteiger partial charge in [0.15, 0.2) is 0 Å². The van der Waals surface area contributed by atoms with Crippen molar-refractivity contribution in [2.75, 3.05) is 19.4 Å². The molecular weight excluding hydrogens is 468 g/mol. The Morgan fingerprint density at radius 2 is 1.97 bits per heavy atom. The standard InChI is InChI=1S/C25H25ClN6O3/c1-30(2)24(33)15-7-8-19(18(26)9-15)29-21-10-20-17(12-27-21)22(14-5-4-6-14)23(32(20)25(34)35)16-11-28-31(3)13-16/h7-14H,4-6H2,1-3H3,(H,27,29)(H,34,35). The van der Waals surface area contributed by atoms with E-state index >= 15 is 0 Å². The van der Waals surface area contributed by atoms with Gasteiger partial charge in [0, 0.05) is 56.1 Å². The van der Waals surface area contributed by atoms with E-state index in [-0.39, 0.29) is 11.8 Å². The van der Waals surface area contributed by atoms with E-state index in [9.17, 15) is 14.7 Å². The van der Waals surface area contributed by atoms with Gasteiger partial charge in [0.1, 0.15) is 5.82 Å². The lowest BCUT2D eigenvalue weighted by atomic mass is 9.78. The van der Waals surface area contributed by atoms with Gasteiger partial charge in [-0.2, -0.15) is 5.10 Å². The smallest absolute Gasteiger partial charge is 0.416 e. The predicted octanol–water partition coefficient (Wildman–Crippen LogP) is 5.33. The molecule has 0 saturated heterocycles. The van der Waals surface area contributed by atoms with Crippen molar-refractivity contribution < 1.29 is 14.7 Å². The summed E-state index contributed by atoms with van der Waals surface area (Å²) in [6.07, 6.45) is 7.33. The molecule has 3 heterocycles. The summed E-state index contributed by atoms with van der Waals surface area (Å²) in [6, 6.07) is 6.72. The second-order valence-corrected chi connectivity index (χ2v) is 9.42. The van der Waals surface area contributed by atoms with Gasteiger partial charge < -0.3 is 15.3 Å². The third kappa shape index (κ3) is 4.01. The minimum Gasteiger partial charge on any atom is -0.464 e. The molecule has 0 unspecified atom stereocenters. The molecule has 10 heteroatoms. The van der Waals surface area contributed by atoms with Crippen molar-refractivity contribution in [1.29, 1.82) is 0 Å². The molecule has 4 aromatic rings. The SMILES string of the molecule is CN(C)C(=O)c1ccc(Nc2cc3c(cn2)c(C2CCC2)c(-c2cnn(C)c2)n3C(=O)O)c(Cl)c1. The molecule has 0 spiro atoms. The van der Waals surface area contributed by atoms with Crippen LogP contribution in [0.4, 0.5) is 16.3 Å². The normalized spacial score (nSPS) is 13.6. The van der Waals surface area contributed by atoms with Gasteiger partial charge in [-0.25, -0.2) is 14.3 Å². The third-order valence-electron chi connectivity index (χ3n) is 6.46. The van der Waals surface area contributed by atoms with Gasteiger partial charge in [0.05, 0.1) is 28.1 Å². The minimum absolute atomic E-state index is 0.149. The maximum Gasteiger partial charge on any atom is 0.416 e. The predicted molar refractivity (Wildman–Crippen MR) is 135 cm³/mol. The summed E-state index contributed by atoms with van der Waals surface area (Å²) in [5.74, 6) is 0.581. The summed E-state index contributed by atoms with van der Waals surface area (Å²) in [5.41, 5.74) is 3.99. The van der Waals surface area contributed by atoms with Crippen LogP contribution in [0.3, 0.4) is 0 Å². The van der Waals surface area contributed by atoms with Crippen LogP contribution in [0.5, 0.6) is 0 Å². The molecule has 5 rings (SSSR count). The maximum absolute atomic E-state index is 12.5. The molecular formula is C25H25ClN6O3. The highest BCUT2D eigenvalue weighted by atomic mass is 35.5. The van der Waals surface area contributed by atoms with E-state index in [0.717, 1.165) is 35.8 Å². The maximum atomic E-state index is 12.5. The molecule has 9 nitrogen and oxygen atoms in total. The first kappa shape index (κ1) is 22.9. The molecule has 1 aromatic carbocycles. The number of rotatable bonds is 5. The monoisotopic (exact) mass is 492 g/mol. The summed E-state index contributed by atoms with van der Waals surface area (Å²) < 4.78 is 3.00. The Morgan fingerprint density at radius 1 is 1.20 bits per heavy atom. The van der Waals surface area contributed by atoms with Crippen LogP contribution in [-0.4, -0.2) is 55.4 Å². The van der Waals surface area contributed by atoms with E-state index in [2.05, 4.69) is 15.4 Å². The van der Waals surface area contributed by atoms with Crippen molar-refractivity contribution in [1.82, 2.24) is 24.2 Å². The highest BCUT2D eigenvalue weighted by Gasteiger charge is 2.31. The van der Waals surface area contributed by atoms with Gasteiger partial charge in [-0.3, -0.25) is 9.48 Å². The number of carbonyl (C=O) groups is 2. The zero-order valence-electron chi connectivity index (χ0n) is 19.6. The Hall–Kier alpha value is -3.85. The highest BCUT2D eigenvalue weighted by Crippen LogP contribution is 2.46. The van der Waals surface area contributed by atoms with Crippen LogP contribution in [0.25, 0.3) is 22.2 Å². The fraction of sp³-hybridized carbons (Fsp3) is 0.280. The quantitative estimate of drug-likeness (QED) is 0.390. The minimum atomic E-state index is -1.07. The molecule has 3 aromatic heterocycles. The average Bonchev–Trinajstić information content (AvgIpc) is 3.34. The lowest BCUT2D eigenvalue weighted by molar-refractivity contribution is 0.0827. The van der Waals surface area contributed by atoms with Crippen molar-refractivity contribution in [2.45, 2.75) is 25.2 Å². The lowest BCUT2D eigenvalue weighted by Crippen LogP contribution is -2.21. The Labute approximate surface area is 206 Å². The van der Waals surface area contributed by atoms with Gasteiger partial charge in [-0.15, -0.1) is 0 Å². The number of nitrogens with one attached hydrogen (secondary N) is 1. The van der Waals surface area contributed by atoms with Crippen LogP contribution in [-0.2, 0) is 7.05 Å². The number of hydrogen-bond acceptors (Lipinski definition) is 5. The fourth-order valence-corrected chi connectivity index (χ4v) is 4.78. The second kappa shape index (κ2) is 8.74. The number of amides is 1. The van der Waals surface area contributed by atoms with E-state index in [0.29, 0.717) is 33.3 Å². The number of nitrogens with zero attached hydrogens (tertiary/aromatic N) is 5. The van der Waals surface area contributed by atoms with E-state index in [4.69, 9.17) is 11.6 Å². The van der Waals surface area contributed by atoms with Crippen molar-refractivity contribution >= 4 is 46.0 Å². The largest absolute Gasteiger partial charge is 0.464 e. The first-order chi connectivity index (χ1) is 16.7. The first-order valence-corrected chi connectivity index (χ1v) is 11.7. The zero-order chi connectivity index (χ0) is 24.9. The summed E-state index contributed by atoms with van der Waals surface area (Å²) in [7, 11) is 5.17. The van der Waals surface area contributed by atoms with Crippen LogP contribution in [0, 0.1) is 0 Å². The van der Waals surface area contributed by atoms with Gasteiger partial charge >= 0.3 is 6.09 Å². The van der Waals surface area contributed by atoms with Gasteiger partial charge in [-0.1, -0.05) is 18.0 Å². The van der Waals surface area contributed by atoms with Crippen LogP contribution >= 0.6 is 11.6 Å². The summed E-state index contributed by atoms with van der Waals surface area (Å²) in [6.45, 7) is 0. The topological polar surface area (TPSA) is 105 Å². The number of aryl methyl sites for hydroxylation is 1. The summed E-state index contributed by atoms with van der Waals surface area (Å²) >= 11 is 6.44. The number of pyridine rings is 1. The lowest BCUT2D eigenvalue weighted by Gasteiger charge is -2.26. The van der Waals surface area contributed by atoms with Gasteiger partial charge in [0.2, 0.25) is 0 Å². The highest BCUT2D eigenvalue weighted by molar-refractivity contribution is 6.33. The molecule has 1 amide bonds. The molecule has 0 radical (unpaired) electrons. The molecule has 1 aliphatic carbocycles. The average molecular weight is 493 g/mol. The third-order valence-corrected chi connectivity index (χ3v) is 6.77. The van der Waals surface area contributed by atoms with Crippen LogP contribution in [0.2, 0.25) is 5.02 Å². The Balaban J connectivity index is 1.61. The molecule has 1 fully saturated rings. The number of anilines is 2. The van der Waals surface area contributed by atoms with Gasteiger partial charge in [-0.05, 0) is 42.5 Å². The molecule has 0 atom stereocenters. The molecule has 2 N–H and O–H groups in total. The fourth-order valence-electron chi connectivity index (χ4n) is 4.56. The van der Waals surface area contributed by atoms with Crippen molar-refractivity contribution in [2.24, 2.45) is 7.05 Å². The van der Waals surface area contributed by atoms with E-state index < -0.39 is 6.09 Å². The molecule has 35 heavy (non-hydrogen) atoms. The zero-order valence-corrected chi connectivity index (χ0v) is 20.4. The molecule has 1 saturated carbocycles. The van der Waals surface area contributed by atoms with E-state index in [1.807, 2.05) is 13.2 Å². The molecule has 0 bridgehead atoms. The van der Waals surface area contributed by atoms with Crippen LogP contribution in [0.15, 0.2) is 42.9 Å². The number of aromatic nitrogens is 4. The molecule has 0 aliphatic heterocycles. The Morgan fingerprint density at radius 3 is 2.54 bits per heavy atom. The second-order valence-electron chi connectivity index (χ2n) is 9.02. The number of carboxylic acid groups (broad SMARTS) is 1. The van der Waals surface area contributed by atoms with Crippen molar-refractivity contribution in [3.63, 3.8) is 0 Å². The van der Waals surface area contributed by atoms with Crippen LogP contribution in [0.1, 0.15) is 41.1 Å². The van der Waals surface area contributed by atoms with E-state index in [1.54, 1.807) is 55.4 Å². The summed E-state index contributed by atoms with van der Waals surface area (Å²) in [4.78, 5) is 30.7. The van der Waals surface area contributed by atoms with Crippen molar-refractivity contribution in [3.05, 3.63) is 59.0 Å². The number of benzene rings is 1. The van der Waals surface area contributed by atoms with Crippen molar-refractivity contribution in [3.8, 4) is 11.3 Å². The molecule has 180 valence electrons. The number of halogens is 1. The van der Waals surface area contributed by atoms with E-state index in [1.165, 1.54) is 9.47 Å². The number of fused-ring (bicyclic) bond motifs is 1. The Bertz CT molecular complexity index is 1470. The molecule has 1 aliphatic rings. The number of hydrogen-bond donors (Lipinski definition) is 2. The first-order valence-electron chi connectivity index (χ1n) is 11.3.